The molecule has 1 aromatic carbocycles. The van der Waals surface area contributed by atoms with Crippen molar-refractivity contribution in [2.75, 3.05) is 0 Å². The van der Waals surface area contributed by atoms with Gasteiger partial charge in [-0.05, 0) is 12.1 Å². The van der Waals surface area contributed by atoms with Gasteiger partial charge in [0.25, 0.3) is 0 Å². The summed E-state index contributed by atoms with van der Waals surface area (Å²) in [5.74, 6) is 0. The molecule has 13 heavy (non-hydrogen) atoms. The standard InChI is InChI=1S/C6H6O4S2.Na.H/c7-11(8)5-3-1-2-4-6(5)12(9)10;;/h1-4H,(H,7,8)(H,9,10);;/q;+1;-1. The van der Waals surface area contributed by atoms with E-state index in [-0.39, 0.29) is 40.8 Å². The molecule has 1 aromatic rings. The van der Waals surface area contributed by atoms with Gasteiger partial charge in [0.2, 0.25) is 0 Å². The summed E-state index contributed by atoms with van der Waals surface area (Å²) in [6.45, 7) is 0. The van der Waals surface area contributed by atoms with Crippen LogP contribution in [0.1, 0.15) is 1.43 Å². The Kier molecular flexibility index (Phi) is 6.23. The van der Waals surface area contributed by atoms with Crippen molar-refractivity contribution in [3.63, 3.8) is 0 Å². The Balaban J connectivity index is 0. The third-order valence-corrected chi connectivity index (χ3v) is 2.82. The van der Waals surface area contributed by atoms with Crippen molar-refractivity contribution in [3.8, 4) is 0 Å². The van der Waals surface area contributed by atoms with Crippen LogP contribution in [0.25, 0.3) is 0 Å². The van der Waals surface area contributed by atoms with Crippen LogP contribution in [-0.2, 0) is 22.2 Å². The van der Waals surface area contributed by atoms with E-state index in [2.05, 4.69) is 0 Å². The van der Waals surface area contributed by atoms with Gasteiger partial charge in [-0.1, -0.05) is 12.1 Å². The minimum absolute atomic E-state index is 0. The molecule has 68 valence electrons. The number of rotatable bonds is 2. The maximum Gasteiger partial charge on any atom is 1.00 e. The van der Waals surface area contributed by atoms with E-state index in [1.165, 1.54) is 24.3 Å². The van der Waals surface area contributed by atoms with Gasteiger partial charge in [-0.15, -0.1) is 0 Å². The van der Waals surface area contributed by atoms with Crippen LogP contribution in [0.15, 0.2) is 34.1 Å². The molecule has 2 atom stereocenters. The van der Waals surface area contributed by atoms with Crippen LogP contribution >= 0.6 is 0 Å². The minimum Gasteiger partial charge on any atom is -1.00 e. The Morgan fingerprint density at radius 3 is 1.54 bits per heavy atom. The maximum absolute atomic E-state index is 10.6. The average Bonchev–Trinajstić information content (AvgIpc) is 2.04. The zero-order chi connectivity index (χ0) is 9.14. The van der Waals surface area contributed by atoms with Crippen molar-refractivity contribution in [1.82, 2.24) is 0 Å². The molecular weight excluding hydrogens is 223 g/mol. The van der Waals surface area contributed by atoms with Gasteiger partial charge >= 0.3 is 29.6 Å². The molecule has 0 aliphatic carbocycles. The number of hydrogen-bond acceptors (Lipinski definition) is 2. The molecule has 2 unspecified atom stereocenters. The molecular formula is C6H7NaO4S2. The molecule has 0 aromatic heterocycles. The average molecular weight is 230 g/mol. The molecule has 0 saturated carbocycles. The van der Waals surface area contributed by atoms with Crippen LogP contribution in [0.4, 0.5) is 0 Å². The van der Waals surface area contributed by atoms with Crippen molar-refractivity contribution in [2.24, 2.45) is 0 Å². The van der Waals surface area contributed by atoms with Crippen molar-refractivity contribution in [1.29, 1.82) is 0 Å². The van der Waals surface area contributed by atoms with E-state index in [4.69, 9.17) is 9.11 Å². The summed E-state index contributed by atoms with van der Waals surface area (Å²) in [7, 11) is 0. The van der Waals surface area contributed by atoms with Crippen LogP contribution in [0, 0.1) is 0 Å². The van der Waals surface area contributed by atoms with Gasteiger partial charge in [-0.2, -0.15) is 0 Å². The first-order chi connectivity index (χ1) is 5.63. The van der Waals surface area contributed by atoms with Gasteiger partial charge in [-0.25, -0.2) is 8.42 Å². The third-order valence-electron chi connectivity index (χ3n) is 1.23. The summed E-state index contributed by atoms with van der Waals surface area (Å²) in [6, 6.07) is 5.72. The molecule has 0 saturated heterocycles. The smallest absolute Gasteiger partial charge is 1.00 e. The second-order valence-corrected chi connectivity index (χ2v) is 3.82. The molecule has 0 bridgehead atoms. The molecule has 0 amide bonds. The summed E-state index contributed by atoms with van der Waals surface area (Å²) in [5, 5.41) is 0. The van der Waals surface area contributed by atoms with Crippen LogP contribution in [0.5, 0.6) is 0 Å². The van der Waals surface area contributed by atoms with E-state index < -0.39 is 22.2 Å². The summed E-state index contributed by atoms with van der Waals surface area (Å²) in [5.41, 5.74) is 0. The van der Waals surface area contributed by atoms with Gasteiger partial charge in [0.05, 0.1) is 9.79 Å². The molecule has 1 rings (SSSR count). The maximum atomic E-state index is 10.6. The van der Waals surface area contributed by atoms with Gasteiger partial charge in [0, 0.05) is 0 Å². The number of benzene rings is 1. The van der Waals surface area contributed by atoms with E-state index in [1.807, 2.05) is 0 Å². The molecule has 0 radical (unpaired) electrons. The van der Waals surface area contributed by atoms with E-state index in [0.717, 1.165) is 0 Å². The Labute approximate surface area is 104 Å². The first kappa shape index (κ1) is 13.4. The molecule has 4 nitrogen and oxygen atoms in total. The minimum atomic E-state index is -2.21. The Morgan fingerprint density at radius 1 is 1.00 bits per heavy atom. The Morgan fingerprint density at radius 2 is 1.31 bits per heavy atom. The van der Waals surface area contributed by atoms with Crippen molar-refractivity contribution >= 4 is 22.2 Å². The topological polar surface area (TPSA) is 74.6 Å². The molecule has 0 heterocycles. The molecule has 2 N–H and O–H groups in total. The number of hydrogen-bond donors (Lipinski definition) is 2. The predicted octanol–water partition coefficient (Wildman–Crippen LogP) is -2.04. The van der Waals surface area contributed by atoms with Crippen LogP contribution in [0.2, 0.25) is 0 Å². The molecule has 7 heteroatoms. The fourth-order valence-electron chi connectivity index (χ4n) is 0.739. The normalized spacial score (nSPS) is 14.3. The fourth-order valence-corrected chi connectivity index (χ4v) is 2.04. The Bertz CT molecular complexity index is 313. The van der Waals surface area contributed by atoms with E-state index in [9.17, 15) is 8.42 Å². The van der Waals surface area contributed by atoms with Gasteiger partial charge < -0.3 is 10.5 Å². The van der Waals surface area contributed by atoms with Crippen LogP contribution in [-0.4, -0.2) is 17.5 Å². The van der Waals surface area contributed by atoms with Crippen molar-refractivity contribution < 1.29 is 48.5 Å². The van der Waals surface area contributed by atoms with Crippen LogP contribution < -0.4 is 29.6 Å². The molecule has 0 aliphatic heterocycles. The fraction of sp³-hybridized carbons (Fsp3) is 0. The first-order valence-corrected chi connectivity index (χ1v) is 5.15. The second kappa shape index (κ2) is 6.02. The Hall–Kier alpha value is 0.440. The zero-order valence-corrected chi connectivity index (χ0v) is 10.5. The zero-order valence-electron chi connectivity index (χ0n) is 7.84. The second-order valence-electron chi connectivity index (χ2n) is 1.95. The summed E-state index contributed by atoms with van der Waals surface area (Å²) >= 11 is -4.43. The van der Waals surface area contributed by atoms with Crippen LogP contribution in [0.3, 0.4) is 0 Å². The van der Waals surface area contributed by atoms with E-state index in [1.54, 1.807) is 0 Å². The summed E-state index contributed by atoms with van der Waals surface area (Å²) in [6.07, 6.45) is 0. The molecule has 0 fully saturated rings. The monoisotopic (exact) mass is 230 g/mol. The SMILES string of the molecule is O=S(O)c1ccccc1S(=O)O.[H-].[Na+]. The largest absolute Gasteiger partial charge is 1.00 e. The van der Waals surface area contributed by atoms with Gasteiger partial charge in [0.15, 0.2) is 22.2 Å². The molecule has 0 spiro atoms. The predicted molar refractivity (Wildman–Crippen MR) is 45.6 cm³/mol. The summed E-state index contributed by atoms with van der Waals surface area (Å²) < 4.78 is 38.5. The first-order valence-electron chi connectivity index (χ1n) is 2.93. The van der Waals surface area contributed by atoms with Crippen molar-refractivity contribution in [2.45, 2.75) is 9.79 Å². The molecule has 0 aliphatic rings. The van der Waals surface area contributed by atoms with Gasteiger partial charge in [0.1, 0.15) is 0 Å². The summed E-state index contributed by atoms with van der Waals surface area (Å²) in [4.78, 5) is -0.0586. The van der Waals surface area contributed by atoms with E-state index in [0.29, 0.717) is 0 Å². The van der Waals surface area contributed by atoms with Crippen molar-refractivity contribution in [3.05, 3.63) is 24.3 Å². The quantitative estimate of drug-likeness (QED) is 0.453. The van der Waals surface area contributed by atoms with Gasteiger partial charge in [-0.3, -0.25) is 0 Å². The third kappa shape index (κ3) is 3.59. The van der Waals surface area contributed by atoms with E-state index >= 15 is 0 Å².